The normalized spacial score (nSPS) is 10.5. The Bertz CT molecular complexity index is 799. The van der Waals surface area contributed by atoms with Crippen molar-refractivity contribution in [2.45, 2.75) is 20.0 Å². The fraction of sp³-hybridized carbons (Fsp3) is 0.158. The number of nitrogens with one attached hydrogen (secondary N) is 1. The van der Waals surface area contributed by atoms with E-state index in [1.54, 1.807) is 12.1 Å². The van der Waals surface area contributed by atoms with Crippen LogP contribution < -0.4 is 5.32 Å². The van der Waals surface area contributed by atoms with Crippen LogP contribution in [0.2, 0.25) is 5.02 Å². The van der Waals surface area contributed by atoms with Crippen LogP contribution in [0.4, 0.5) is 4.39 Å². The largest absolute Gasteiger partial charge is 0.460 e. The zero-order chi connectivity index (χ0) is 16.2. The Balaban J connectivity index is 0.00000208. The summed E-state index contributed by atoms with van der Waals surface area (Å²) >= 11 is 6.15. The third kappa shape index (κ3) is 4.60. The highest BCUT2D eigenvalue weighted by Crippen LogP contribution is 2.26. The first-order valence-corrected chi connectivity index (χ1v) is 7.80. The molecule has 2 nitrogen and oxygen atoms in total. The summed E-state index contributed by atoms with van der Waals surface area (Å²) in [6.45, 7) is 3.24. The van der Waals surface area contributed by atoms with Crippen LogP contribution >= 0.6 is 24.0 Å². The Kier molecular flexibility index (Phi) is 6.44. The molecule has 5 heteroatoms. The maximum Gasteiger partial charge on any atom is 0.134 e. The molecule has 0 fully saturated rings. The molecule has 0 aliphatic rings. The summed E-state index contributed by atoms with van der Waals surface area (Å²) in [5, 5.41) is 4.01. The minimum Gasteiger partial charge on any atom is -0.460 e. The van der Waals surface area contributed by atoms with E-state index in [9.17, 15) is 4.39 Å². The lowest BCUT2D eigenvalue weighted by molar-refractivity contribution is 0.493. The van der Waals surface area contributed by atoms with E-state index in [1.165, 1.54) is 12.1 Å². The molecular weight excluding hydrogens is 348 g/mol. The van der Waals surface area contributed by atoms with Crippen LogP contribution in [0.15, 0.2) is 59.0 Å². The summed E-state index contributed by atoms with van der Waals surface area (Å²) in [5.74, 6) is 1.42. The minimum atomic E-state index is -0.221. The van der Waals surface area contributed by atoms with Gasteiger partial charge in [-0.2, -0.15) is 0 Å². The molecule has 1 N–H and O–H groups in total. The lowest BCUT2D eigenvalue weighted by Crippen LogP contribution is -2.11. The van der Waals surface area contributed by atoms with Gasteiger partial charge in [0.2, 0.25) is 0 Å². The summed E-state index contributed by atoms with van der Waals surface area (Å²) in [6.07, 6.45) is 0. The molecule has 2 aromatic carbocycles. The first kappa shape index (κ1) is 18.5. The number of hydrogen-bond donors (Lipinski definition) is 1. The molecule has 0 saturated heterocycles. The SMILES string of the molecule is Cc1ccc(-c2ccc(CNCc3ccc(F)cc3)o2)cc1Cl.Cl. The van der Waals surface area contributed by atoms with Crippen molar-refractivity contribution in [1.29, 1.82) is 0 Å². The van der Waals surface area contributed by atoms with E-state index in [-0.39, 0.29) is 18.2 Å². The van der Waals surface area contributed by atoms with E-state index in [0.717, 1.165) is 33.2 Å². The predicted octanol–water partition coefficient (Wildman–Crippen LogP) is 5.76. The second kappa shape index (κ2) is 8.34. The first-order chi connectivity index (χ1) is 11.1. The van der Waals surface area contributed by atoms with Crippen molar-refractivity contribution in [2.24, 2.45) is 0 Å². The van der Waals surface area contributed by atoms with Gasteiger partial charge in [0, 0.05) is 17.1 Å². The number of hydrogen-bond acceptors (Lipinski definition) is 2. The Morgan fingerprint density at radius 2 is 1.75 bits per heavy atom. The van der Waals surface area contributed by atoms with Crippen LogP contribution in [-0.2, 0) is 13.1 Å². The molecule has 0 amide bonds. The van der Waals surface area contributed by atoms with Crippen molar-refractivity contribution < 1.29 is 8.81 Å². The topological polar surface area (TPSA) is 25.2 Å². The molecule has 0 spiro atoms. The molecule has 0 aliphatic carbocycles. The van der Waals surface area contributed by atoms with Crippen molar-refractivity contribution >= 4 is 24.0 Å². The van der Waals surface area contributed by atoms with E-state index < -0.39 is 0 Å². The summed E-state index contributed by atoms with van der Waals surface area (Å²) < 4.78 is 18.7. The lowest BCUT2D eigenvalue weighted by atomic mass is 10.1. The summed E-state index contributed by atoms with van der Waals surface area (Å²) in [7, 11) is 0. The van der Waals surface area contributed by atoms with Crippen LogP contribution in [0.5, 0.6) is 0 Å². The van der Waals surface area contributed by atoms with E-state index in [4.69, 9.17) is 16.0 Å². The summed E-state index contributed by atoms with van der Waals surface area (Å²) in [5.41, 5.74) is 3.04. The van der Waals surface area contributed by atoms with Gasteiger partial charge >= 0.3 is 0 Å². The van der Waals surface area contributed by atoms with Gasteiger partial charge in [0.15, 0.2) is 0 Å². The van der Waals surface area contributed by atoms with Crippen molar-refractivity contribution in [1.82, 2.24) is 5.32 Å². The molecule has 24 heavy (non-hydrogen) atoms. The Labute approximate surface area is 152 Å². The lowest BCUT2D eigenvalue weighted by Gasteiger charge is -2.04. The third-order valence-electron chi connectivity index (χ3n) is 3.66. The fourth-order valence-corrected chi connectivity index (χ4v) is 2.49. The van der Waals surface area contributed by atoms with Gasteiger partial charge in [-0.1, -0.05) is 35.9 Å². The minimum absolute atomic E-state index is 0. The quantitative estimate of drug-likeness (QED) is 0.621. The zero-order valence-corrected chi connectivity index (χ0v) is 14.8. The van der Waals surface area contributed by atoms with E-state index in [1.807, 2.05) is 37.3 Å². The summed E-state index contributed by atoms with van der Waals surface area (Å²) in [6, 6.07) is 16.2. The molecule has 3 aromatic rings. The Morgan fingerprint density at radius 1 is 1.00 bits per heavy atom. The highest BCUT2D eigenvalue weighted by molar-refractivity contribution is 6.31. The maximum atomic E-state index is 12.8. The van der Waals surface area contributed by atoms with Crippen LogP contribution in [0.1, 0.15) is 16.9 Å². The van der Waals surface area contributed by atoms with E-state index in [2.05, 4.69) is 5.32 Å². The van der Waals surface area contributed by atoms with Gasteiger partial charge in [0.05, 0.1) is 6.54 Å². The Morgan fingerprint density at radius 3 is 2.46 bits per heavy atom. The molecule has 0 aliphatic heterocycles. The molecule has 1 heterocycles. The zero-order valence-electron chi connectivity index (χ0n) is 13.2. The summed E-state index contributed by atoms with van der Waals surface area (Å²) in [4.78, 5) is 0. The monoisotopic (exact) mass is 365 g/mol. The number of furan rings is 1. The molecule has 0 saturated carbocycles. The number of halogens is 3. The van der Waals surface area contributed by atoms with Crippen LogP contribution in [0, 0.1) is 12.7 Å². The molecule has 1 aromatic heterocycles. The number of aryl methyl sites for hydroxylation is 1. The average molecular weight is 366 g/mol. The van der Waals surface area contributed by atoms with Gasteiger partial charge in [0.1, 0.15) is 17.3 Å². The molecule has 126 valence electrons. The van der Waals surface area contributed by atoms with Crippen LogP contribution in [0.25, 0.3) is 11.3 Å². The van der Waals surface area contributed by atoms with Gasteiger partial charge in [0.25, 0.3) is 0 Å². The van der Waals surface area contributed by atoms with Gasteiger partial charge in [-0.25, -0.2) is 4.39 Å². The van der Waals surface area contributed by atoms with Gasteiger partial charge in [-0.3, -0.25) is 0 Å². The van der Waals surface area contributed by atoms with Crippen molar-refractivity contribution in [3.05, 3.63) is 82.3 Å². The third-order valence-corrected chi connectivity index (χ3v) is 4.07. The highest BCUT2D eigenvalue weighted by atomic mass is 35.5. The van der Waals surface area contributed by atoms with Gasteiger partial charge < -0.3 is 9.73 Å². The smallest absolute Gasteiger partial charge is 0.134 e. The molecular formula is C19H18Cl2FNO. The van der Waals surface area contributed by atoms with Gasteiger partial charge in [-0.05, 0) is 48.4 Å². The predicted molar refractivity (Wildman–Crippen MR) is 98.1 cm³/mol. The number of rotatable bonds is 5. The molecule has 0 radical (unpaired) electrons. The molecule has 0 bridgehead atoms. The molecule has 0 atom stereocenters. The van der Waals surface area contributed by atoms with Crippen LogP contribution in [-0.4, -0.2) is 0 Å². The van der Waals surface area contributed by atoms with Gasteiger partial charge in [-0.15, -0.1) is 12.4 Å². The van der Waals surface area contributed by atoms with E-state index >= 15 is 0 Å². The molecule has 3 rings (SSSR count). The van der Waals surface area contributed by atoms with E-state index in [0.29, 0.717) is 13.1 Å². The Hall–Kier alpha value is -1.81. The van der Waals surface area contributed by atoms with Crippen molar-refractivity contribution in [3.63, 3.8) is 0 Å². The average Bonchev–Trinajstić information content (AvgIpc) is 3.01. The maximum absolute atomic E-state index is 12.8. The van der Waals surface area contributed by atoms with Crippen LogP contribution in [0.3, 0.4) is 0 Å². The standard InChI is InChI=1S/C19H17ClFNO.ClH/c1-13-2-5-15(10-18(13)20)19-9-8-17(23-19)12-22-11-14-3-6-16(21)7-4-14;/h2-10,22H,11-12H2,1H3;1H. The van der Waals surface area contributed by atoms with Crippen molar-refractivity contribution in [2.75, 3.05) is 0 Å². The first-order valence-electron chi connectivity index (χ1n) is 7.42. The second-order valence-corrected chi connectivity index (χ2v) is 5.87. The molecule has 0 unspecified atom stereocenters. The number of benzene rings is 2. The second-order valence-electron chi connectivity index (χ2n) is 5.46. The fourth-order valence-electron chi connectivity index (χ4n) is 2.31. The van der Waals surface area contributed by atoms with Crippen molar-refractivity contribution in [3.8, 4) is 11.3 Å². The highest BCUT2D eigenvalue weighted by Gasteiger charge is 2.06.